The summed E-state index contributed by atoms with van der Waals surface area (Å²) in [6.45, 7) is 4.40. The van der Waals surface area contributed by atoms with Gasteiger partial charge in [-0.2, -0.15) is 0 Å². The van der Waals surface area contributed by atoms with Crippen LogP contribution in [0, 0.1) is 11.8 Å². The molecule has 4 heteroatoms. The summed E-state index contributed by atoms with van der Waals surface area (Å²) < 4.78 is 0. The first-order valence-corrected chi connectivity index (χ1v) is 6.33. The van der Waals surface area contributed by atoms with E-state index in [-0.39, 0.29) is 18.6 Å². The molecule has 0 radical (unpaired) electrons. The molecule has 2 atom stereocenters. The van der Waals surface area contributed by atoms with Gasteiger partial charge in [0.1, 0.15) is 0 Å². The zero-order chi connectivity index (χ0) is 11.5. The third kappa shape index (κ3) is 2.74. The van der Waals surface area contributed by atoms with Crippen LogP contribution in [-0.2, 0) is 4.79 Å². The van der Waals surface area contributed by atoms with Crippen molar-refractivity contribution in [2.75, 3.05) is 26.2 Å². The molecule has 1 aliphatic heterocycles. The van der Waals surface area contributed by atoms with Gasteiger partial charge in [-0.1, -0.05) is 6.92 Å². The van der Waals surface area contributed by atoms with Crippen LogP contribution in [0.1, 0.15) is 26.2 Å². The normalized spacial score (nSPS) is 29.8. The second-order valence-corrected chi connectivity index (χ2v) is 5.18. The first kappa shape index (κ1) is 11.9. The Morgan fingerprint density at radius 3 is 2.81 bits per heavy atom. The van der Waals surface area contributed by atoms with E-state index in [1.807, 2.05) is 4.90 Å². The predicted molar refractivity (Wildman–Crippen MR) is 62.0 cm³/mol. The van der Waals surface area contributed by atoms with E-state index in [2.05, 4.69) is 12.2 Å². The molecule has 92 valence electrons. The molecule has 0 aromatic rings. The summed E-state index contributed by atoms with van der Waals surface area (Å²) in [5.41, 5.74) is 0. The maximum Gasteiger partial charge on any atom is 0.236 e. The van der Waals surface area contributed by atoms with Crippen molar-refractivity contribution in [3.8, 4) is 0 Å². The van der Waals surface area contributed by atoms with Crippen LogP contribution < -0.4 is 5.32 Å². The number of carbonyl (C=O) groups is 1. The standard InChI is InChI=1S/C12H22N2O2/c1-9-4-5-14(11(9)8-15)12(16)7-13-6-10-2-3-10/h9-11,13,15H,2-8H2,1H3. The van der Waals surface area contributed by atoms with Gasteiger partial charge in [0.05, 0.1) is 19.2 Å². The average Bonchev–Trinajstić information content (AvgIpc) is 3.00. The molecule has 1 saturated heterocycles. The topological polar surface area (TPSA) is 52.6 Å². The van der Waals surface area contributed by atoms with E-state index >= 15 is 0 Å². The molecule has 1 saturated carbocycles. The molecule has 2 unspecified atom stereocenters. The van der Waals surface area contributed by atoms with Crippen molar-refractivity contribution in [2.45, 2.75) is 32.2 Å². The summed E-state index contributed by atoms with van der Waals surface area (Å²) in [7, 11) is 0. The van der Waals surface area contributed by atoms with Crippen LogP contribution in [0.4, 0.5) is 0 Å². The third-order valence-corrected chi connectivity index (χ3v) is 3.80. The second kappa shape index (κ2) is 5.15. The van der Waals surface area contributed by atoms with Gasteiger partial charge >= 0.3 is 0 Å². The van der Waals surface area contributed by atoms with Crippen molar-refractivity contribution >= 4 is 5.91 Å². The number of rotatable bonds is 5. The van der Waals surface area contributed by atoms with Crippen molar-refractivity contribution in [2.24, 2.45) is 11.8 Å². The highest BCUT2D eigenvalue weighted by Crippen LogP contribution is 2.27. The van der Waals surface area contributed by atoms with Crippen LogP contribution in [0.15, 0.2) is 0 Å². The molecule has 1 amide bonds. The molecule has 0 aromatic carbocycles. The zero-order valence-corrected chi connectivity index (χ0v) is 9.98. The molecule has 4 nitrogen and oxygen atoms in total. The highest BCUT2D eigenvalue weighted by atomic mass is 16.3. The molecular weight excluding hydrogens is 204 g/mol. The van der Waals surface area contributed by atoms with Gasteiger partial charge in [-0.3, -0.25) is 4.79 Å². The zero-order valence-electron chi connectivity index (χ0n) is 9.98. The van der Waals surface area contributed by atoms with Crippen molar-refractivity contribution in [1.29, 1.82) is 0 Å². The van der Waals surface area contributed by atoms with E-state index in [4.69, 9.17) is 0 Å². The van der Waals surface area contributed by atoms with Crippen LogP contribution in [0.2, 0.25) is 0 Å². The molecule has 0 bridgehead atoms. The number of aliphatic hydroxyl groups excluding tert-OH is 1. The maximum atomic E-state index is 11.9. The Balaban J connectivity index is 1.74. The molecule has 0 spiro atoms. The highest BCUT2D eigenvalue weighted by molar-refractivity contribution is 5.79. The lowest BCUT2D eigenvalue weighted by Crippen LogP contribution is -2.44. The Morgan fingerprint density at radius 2 is 2.19 bits per heavy atom. The Labute approximate surface area is 97.0 Å². The van der Waals surface area contributed by atoms with E-state index in [9.17, 15) is 9.90 Å². The van der Waals surface area contributed by atoms with Gasteiger partial charge in [0.15, 0.2) is 0 Å². The highest BCUT2D eigenvalue weighted by Gasteiger charge is 2.33. The van der Waals surface area contributed by atoms with Crippen LogP contribution in [0.25, 0.3) is 0 Å². The van der Waals surface area contributed by atoms with Crippen LogP contribution in [0.5, 0.6) is 0 Å². The number of likely N-dealkylation sites (tertiary alicyclic amines) is 1. The Morgan fingerprint density at radius 1 is 1.44 bits per heavy atom. The molecule has 2 aliphatic rings. The Kier molecular flexibility index (Phi) is 3.82. The second-order valence-electron chi connectivity index (χ2n) is 5.18. The number of nitrogens with zero attached hydrogens (tertiary/aromatic N) is 1. The SMILES string of the molecule is CC1CCN(C(=O)CNCC2CC2)C1CO. The number of nitrogens with one attached hydrogen (secondary N) is 1. The van der Waals surface area contributed by atoms with E-state index in [1.165, 1.54) is 12.8 Å². The first-order valence-electron chi connectivity index (χ1n) is 6.33. The molecular formula is C12H22N2O2. The van der Waals surface area contributed by atoms with Gasteiger partial charge in [-0.25, -0.2) is 0 Å². The minimum absolute atomic E-state index is 0.0372. The maximum absolute atomic E-state index is 11.9. The number of amides is 1. The molecule has 2 N–H and O–H groups in total. The fourth-order valence-corrected chi connectivity index (χ4v) is 2.40. The van der Waals surface area contributed by atoms with E-state index < -0.39 is 0 Å². The quantitative estimate of drug-likeness (QED) is 0.705. The summed E-state index contributed by atoms with van der Waals surface area (Å²) in [5.74, 6) is 1.38. The van der Waals surface area contributed by atoms with Crippen molar-refractivity contribution in [3.63, 3.8) is 0 Å². The summed E-state index contributed by atoms with van der Waals surface area (Å²) in [6.07, 6.45) is 3.63. The monoisotopic (exact) mass is 226 g/mol. The number of aliphatic hydroxyl groups is 1. The molecule has 1 aliphatic carbocycles. The van der Waals surface area contributed by atoms with Gasteiger partial charge in [0.25, 0.3) is 0 Å². The lowest BCUT2D eigenvalue weighted by Gasteiger charge is -2.25. The van der Waals surface area contributed by atoms with E-state index in [0.29, 0.717) is 12.5 Å². The van der Waals surface area contributed by atoms with Crippen molar-refractivity contribution < 1.29 is 9.90 Å². The van der Waals surface area contributed by atoms with Gasteiger partial charge in [-0.05, 0) is 37.6 Å². The first-order chi connectivity index (χ1) is 7.72. The minimum atomic E-state index is 0.0372. The minimum Gasteiger partial charge on any atom is -0.394 e. The van der Waals surface area contributed by atoms with Gasteiger partial charge < -0.3 is 15.3 Å². The molecule has 16 heavy (non-hydrogen) atoms. The molecule has 2 rings (SSSR count). The van der Waals surface area contributed by atoms with Crippen LogP contribution in [-0.4, -0.2) is 48.2 Å². The van der Waals surface area contributed by atoms with E-state index in [1.54, 1.807) is 0 Å². The molecule has 2 fully saturated rings. The lowest BCUT2D eigenvalue weighted by atomic mass is 10.0. The molecule has 0 aromatic heterocycles. The van der Waals surface area contributed by atoms with Crippen LogP contribution in [0.3, 0.4) is 0 Å². The summed E-state index contributed by atoms with van der Waals surface area (Å²) >= 11 is 0. The summed E-state index contributed by atoms with van der Waals surface area (Å²) in [6, 6.07) is 0.0372. The van der Waals surface area contributed by atoms with Crippen molar-refractivity contribution in [1.82, 2.24) is 10.2 Å². The smallest absolute Gasteiger partial charge is 0.236 e. The summed E-state index contributed by atoms with van der Waals surface area (Å²) in [5, 5.41) is 12.5. The summed E-state index contributed by atoms with van der Waals surface area (Å²) in [4.78, 5) is 13.8. The van der Waals surface area contributed by atoms with Crippen molar-refractivity contribution in [3.05, 3.63) is 0 Å². The van der Waals surface area contributed by atoms with Gasteiger partial charge in [0.2, 0.25) is 5.91 Å². The lowest BCUT2D eigenvalue weighted by molar-refractivity contribution is -0.132. The predicted octanol–water partition coefficient (Wildman–Crippen LogP) is 0.215. The fourth-order valence-electron chi connectivity index (χ4n) is 2.40. The van der Waals surface area contributed by atoms with E-state index in [0.717, 1.165) is 25.4 Å². The fraction of sp³-hybridized carbons (Fsp3) is 0.917. The molecule has 1 heterocycles. The Bertz CT molecular complexity index is 253. The van der Waals surface area contributed by atoms with Crippen LogP contribution >= 0.6 is 0 Å². The third-order valence-electron chi connectivity index (χ3n) is 3.80. The average molecular weight is 226 g/mol. The Hall–Kier alpha value is -0.610. The number of hydrogen-bond donors (Lipinski definition) is 2. The number of hydrogen-bond acceptors (Lipinski definition) is 3. The van der Waals surface area contributed by atoms with Gasteiger partial charge in [-0.15, -0.1) is 0 Å². The van der Waals surface area contributed by atoms with Gasteiger partial charge in [0, 0.05) is 6.54 Å². The number of carbonyl (C=O) groups excluding carboxylic acids is 1. The largest absolute Gasteiger partial charge is 0.394 e.